The minimum atomic E-state index is -0.483. The fourth-order valence-corrected chi connectivity index (χ4v) is 1.30. The molecule has 0 radical (unpaired) electrons. The third kappa shape index (κ3) is 1.12. The second kappa shape index (κ2) is 3.06. The van der Waals surface area contributed by atoms with Crippen LogP contribution < -0.4 is 10.2 Å². The minimum absolute atomic E-state index is 0.259. The van der Waals surface area contributed by atoms with Gasteiger partial charge in [-0.1, -0.05) is 6.07 Å². The van der Waals surface area contributed by atoms with Gasteiger partial charge in [0.1, 0.15) is 23.0 Å². The van der Waals surface area contributed by atoms with Crippen LogP contribution in [0.2, 0.25) is 0 Å². The maximum atomic E-state index is 11.5. The molecular formula is C10H8O4. The maximum Gasteiger partial charge on any atom is 0.238 e. The van der Waals surface area contributed by atoms with Crippen LogP contribution >= 0.6 is 0 Å². The average Bonchev–Trinajstić information content (AvgIpc) is 2.23. The van der Waals surface area contributed by atoms with Gasteiger partial charge in [0.15, 0.2) is 5.75 Å². The van der Waals surface area contributed by atoms with E-state index in [4.69, 9.17) is 9.15 Å². The van der Waals surface area contributed by atoms with Crippen molar-refractivity contribution >= 4 is 11.0 Å². The Labute approximate surface area is 79.4 Å². The van der Waals surface area contributed by atoms with Crippen LogP contribution in [0.3, 0.4) is 0 Å². The summed E-state index contributed by atoms with van der Waals surface area (Å²) in [5.74, 6) is -0.0193. The lowest BCUT2D eigenvalue weighted by molar-refractivity contribution is 0.415. The lowest BCUT2D eigenvalue weighted by Gasteiger charge is -2.03. The van der Waals surface area contributed by atoms with Crippen molar-refractivity contribution in [1.29, 1.82) is 0 Å². The van der Waals surface area contributed by atoms with E-state index in [2.05, 4.69) is 0 Å². The number of hydrogen-bond acceptors (Lipinski definition) is 4. The quantitative estimate of drug-likeness (QED) is 0.743. The Balaban J connectivity index is 2.97. The molecule has 0 unspecified atom stereocenters. The molecule has 0 bridgehead atoms. The van der Waals surface area contributed by atoms with Gasteiger partial charge in [-0.05, 0) is 12.1 Å². The van der Waals surface area contributed by atoms with Crippen molar-refractivity contribution in [2.75, 3.05) is 7.11 Å². The standard InChI is InChI=1S/C10H8O4/c1-13-7-3-2-4-8-9(7)10(12)6(11)5-14-8/h2-5,11H,1H3. The maximum absolute atomic E-state index is 11.5. The number of aromatic hydroxyl groups is 1. The number of hydrogen-bond donors (Lipinski definition) is 1. The summed E-state index contributed by atoms with van der Waals surface area (Å²) in [5, 5.41) is 9.43. The predicted molar refractivity (Wildman–Crippen MR) is 50.7 cm³/mol. The molecule has 72 valence electrons. The van der Waals surface area contributed by atoms with Crippen LogP contribution in [-0.4, -0.2) is 12.2 Å². The van der Waals surface area contributed by atoms with Gasteiger partial charge in [-0.2, -0.15) is 0 Å². The van der Waals surface area contributed by atoms with E-state index in [1.54, 1.807) is 18.2 Å². The molecule has 0 aliphatic heterocycles. The van der Waals surface area contributed by atoms with E-state index in [-0.39, 0.29) is 5.39 Å². The Morgan fingerprint density at radius 3 is 2.93 bits per heavy atom. The Kier molecular flexibility index (Phi) is 1.89. The first kappa shape index (κ1) is 8.62. The summed E-state index contributed by atoms with van der Waals surface area (Å²) in [6.07, 6.45) is 1.02. The molecule has 0 atom stereocenters. The number of ether oxygens (including phenoxy) is 1. The fourth-order valence-electron chi connectivity index (χ4n) is 1.30. The molecule has 0 amide bonds. The van der Waals surface area contributed by atoms with Gasteiger partial charge in [-0.3, -0.25) is 4.79 Å². The molecule has 0 spiro atoms. The van der Waals surface area contributed by atoms with Crippen molar-refractivity contribution in [1.82, 2.24) is 0 Å². The smallest absolute Gasteiger partial charge is 0.238 e. The van der Waals surface area contributed by atoms with Gasteiger partial charge in [0.05, 0.1) is 7.11 Å². The van der Waals surface area contributed by atoms with Gasteiger partial charge in [0.25, 0.3) is 0 Å². The first-order valence-electron chi connectivity index (χ1n) is 4.01. The molecule has 2 aromatic rings. The minimum Gasteiger partial charge on any atom is -0.502 e. The zero-order chi connectivity index (χ0) is 10.1. The van der Waals surface area contributed by atoms with Gasteiger partial charge in [0, 0.05) is 0 Å². The lowest BCUT2D eigenvalue weighted by atomic mass is 10.2. The Morgan fingerprint density at radius 2 is 2.21 bits per heavy atom. The normalized spacial score (nSPS) is 10.4. The summed E-state index contributed by atoms with van der Waals surface area (Å²) in [5.41, 5.74) is -0.0872. The predicted octanol–water partition coefficient (Wildman–Crippen LogP) is 1.51. The van der Waals surface area contributed by atoms with E-state index in [0.29, 0.717) is 11.3 Å². The van der Waals surface area contributed by atoms with Crippen molar-refractivity contribution in [2.45, 2.75) is 0 Å². The zero-order valence-corrected chi connectivity index (χ0v) is 7.48. The van der Waals surface area contributed by atoms with Crippen LogP contribution in [0.1, 0.15) is 0 Å². The fraction of sp³-hybridized carbons (Fsp3) is 0.100. The largest absolute Gasteiger partial charge is 0.502 e. The Bertz CT molecular complexity index is 527. The lowest BCUT2D eigenvalue weighted by Crippen LogP contribution is -2.02. The molecule has 2 rings (SSSR count). The summed E-state index contributed by atoms with van der Waals surface area (Å²) < 4.78 is 10.0. The Hall–Kier alpha value is -1.97. The van der Waals surface area contributed by atoms with Crippen molar-refractivity contribution in [3.63, 3.8) is 0 Å². The monoisotopic (exact) mass is 192 g/mol. The number of benzene rings is 1. The second-order valence-corrected chi connectivity index (χ2v) is 2.78. The van der Waals surface area contributed by atoms with E-state index in [1.807, 2.05) is 0 Å². The van der Waals surface area contributed by atoms with Gasteiger partial charge in [0.2, 0.25) is 5.43 Å². The van der Waals surface area contributed by atoms with E-state index < -0.39 is 11.2 Å². The van der Waals surface area contributed by atoms with Gasteiger partial charge in [-0.15, -0.1) is 0 Å². The first-order valence-corrected chi connectivity index (χ1v) is 4.01. The highest BCUT2D eigenvalue weighted by Gasteiger charge is 2.09. The van der Waals surface area contributed by atoms with Crippen LogP contribution in [-0.2, 0) is 0 Å². The van der Waals surface area contributed by atoms with Crippen molar-refractivity contribution in [2.24, 2.45) is 0 Å². The van der Waals surface area contributed by atoms with E-state index >= 15 is 0 Å². The molecular weight excluding hydrogens is 184 g/mol. The third-order valence-electron chi connectivity index (χ3n) is 1.97. The third-order valence-corrected chi connectivity index (χ3v) is 1.97. The van der Waals surface area contributed by atoms with Gasteiger partial charge < -0.3 is 14.3 Å². The summed E-state index contributed by atoms with van der Waals surface area (Å²) in [7, 11) is 1.46. The topological polar surface area (TPSA) is 59.7 Å². The molecule has 0 saturated carbocycles. The Morgan fingerprint density at radius 1 is 1.43 bits per heavy atom. The number of methoxy groups -OCH3 is 1. The summed E-state index contributed by atoms with van der Waals surface area (Å²) >= 11 is 0. The van der Waals surface area contributed by atoms with E-state index in [9.17, 15) is 9.90 Å². The SMILES string of the molecule is COc1cccc2occ(O)c(=O)c12. The highest BCUT2D eigenvalue weighted by molar-refractivity contribution is 5.84. The first-order chi connectivity index (χ1) is 6.74. The van der Waals surface area contributed by atoms with Crippen LogP contribution in [0.5, 0.6) is 11.5 Å². The molecule has 1 N–H and O–H groups in total. The molecule has 4 nitrogen and oxygen atoms in total. The second-order valence-electron chi connectivity index (χ2n) is 2.78. The summed E-state index contributed by atoms with van der Waals surface area (Å²) in [6.45, 7) is 0. The van der Waals surface area contributed by atoms with Crippen molar-refractivity contribution in [3.05, 3.63) is 34.7 Å². The van der Waals surface area contributed by atoms with Gasteiger partial charge >= 0.3 is 0 Å². The van der Waals surface area contributed by atoms with Crippen LogP contribution in [0.15, 0.2) is 33.7 Å². The van der Waals surface area contributed by atoms with E-state index in [0.717, 1.165) is 6.26 Å². The van der Waals surface area contributed by atoms with Crippen molar-refractivity contribution in [3.8, 4) is 11.5 Å². The van der Waals surface area contributed by atoms with Crippen molar-refractivity contribution < 1.29 is 14.3 Å². The molecule has 0 fully saturated rings. The summed E-state index contributed by atoms with van der Waals surface area (Å²) in [4.78, 5) is 11.5. The van der Waals surface area contributed by atoms with Crippen LogP contribution in [0.25, 0.3) is 11.0 Å². The molecule has 0 aliphatic rings. The van der Waals surface area contributed by atoms with Crippen LogP contribution in [0.4, 0.5) is 0 Å². The van der Waals surface area contributed by atoms with E-state index in [1.165, 1.54) is 7.11 Å². The average molecular weight is 192 g/mol. The zero-order valence-electron chi connectivity index (χ0n) is 7.48. The van der Waals surface area contributed by atoms with Crippen LogP contribution in [0, 0.1) is 0 Å². The molecule has 14 heavy (non-hydrogen) atoms. The highest BCUT2D eigenvalue weighted by Crippen LogP contribution is 2.23. The summed E-state index contributed by atoms with van der Waals surface area (Å²) in [6, 6.07) is 4.98. The number of rotatable bonds is 1. The molecule has 1 aromatic heterocycles. The van der Waals surface area contributed by atoms with Gasteiger partial charge in [-0.25, -0.2) is 0 Å². The molecule has 0 aliphatic carbocycles. The molecule has 4 heteroatoms. The molecule has 0 saturated heterocycles. The molecule has 1 aromatic carbocycles. The number of fused-ring (bicyclic) bond motifs is 1. The molecule has 1 heterocycles. The highest BCUT2D eigenvalue weighted by atomic mass is 16.5.